The summed E-state index contributed by atoms with van der Waals surface area (Å²) < 4.78 is 26.5. The molecule has 3 fully saturated rings. The van der Waals surface area contributed by atoms with Crippen molar-refractivity contribution >= 4 is 15.8 Å². The molecule has 1 aliphatic heterocycles. The van der Waals surface area contributed by atoms with Crippen LogP contribution < -0.4 is 4.90 Å². The minimum absolute atomic E-state index is 0.103. The zero-order chi connectivity index (χ0) is 16.3. The molecule has 0 radical (unpaired) electrons. The summed E-state index contributed by atoms with van der Waals surface area (Å²) in [6.07, 6.45) is 7.41. The van der Waals surface area contributed by atoms with E-state index in [4.69, 9.17) is 9.97 Å². The van der Waals surface area contributed by atoms with Crippen molar-refractivity contribution in [3.63, 3.8) is 0 Å². The summed E-state index contributed by atoms with van der Waals surface area (Å²) in [7, 11) is -3.04. The first-order valence-electron chi connectivity index (χ1n) is 9.26. The molecule has 1 aromatic heterocycles. The molecule has 0 amide bonds. The molecule has 4 aliphatic rings. The number of sulfonamides is 1. The Kier molecular flexibility index (Phi) is 3.39. The molecule has 0 bridgehead atoms. The summed E-state index contributed by atoms with van der Waals surface area (Å²) in [4.78, 5) is 12.0. The Balaban J connectivity index is 1.38. The van der Waals surface area contributed by atoms with Crippen LogP contribution in [0.25, 0.3) is 0 Å². The third kappa shape index (κ3) is 2.52. The normalized spacial score (nSPS) is 25.1. The lowest BCUT2D eigenvalue weighted by atomic mass is 10.2. The van der Waals surface area contributed by atoms with E-state index in [1.807, 2.05) is 0 Å². The Morgan fingerprint density at radius 3 is 2.33 bits per heavy atom. The van der Waals surface area contributed by atoms with E-state index >= 15 is 0 Å². The fraction of sp³-hybridized carbons (Fsp3) is 0.765. The highest BCUT2D eigenvalue weighted by Gasteiger charge is 2.41. The quantitative estimate of drug-likeness (QED) is 0.824. The molecule has 24 heavy (non-hydrogen) atoms. The van der Waals surface area contributed by atoms with Gasteiger partial charge in [-0.15, -0.1) is 0 Å². The minimum atomic E-state index is -3.04. The van der Waals surface area contributed by atoms with Crippen LogP contribution in [0.1, 0.15) is 55.1 Å². The van der Waals surface area contributed by atoms with Crippen LogP contribution in [-0.4, -0.2) is 54.1 Å². The van der Waals surface area contributed by atoms with Crippen molar-refractivity contribution in [3.05, 3.63) is 17.1 Å². The largest absolute Gasteiger partial charge is 0.354 e. The molecule has 0 spiro atoms. The van der Waals surface area contributed by atoms with Gasteiger partial charge in [0.15, 0.2) is 0 Å². The summed E-state index contributed by atoms with van der Waals surface area (Å²) in [6, 6.07) is 0. The Labute approximate surface area is 143 Å². The maximum atomic E-state index is 12.4. The zero-order valence-corrected chi connectivity index (χ0v) is 14.8. The van der Waals surface area contributed by atoms with Crippen molar-refractivity contribution in [1.82, 2.24) is 14.3 Å². The van der Waals surface area contributed by atoms with Gasteiger partial charge < -0.3 is 4.90 Å². The van der Waals surface area contributed by atoms with Crippen LogP contribution in [0, 0.1) is 0 Å². The second-order valence-corrected chi connectivity index (χ2v) is 9.80. The molecular formula is C17H24N4O2S. The van der Waals surface area contributed by atoms with E-state index in [0.29, 0.717) is 19.0 Å². The molecule has 2 heterocycles. The van der Waals surface area contributed by atoms with Gasteiger partial charge in [-0.2, -0.15) is 4.31 Å². The predicted molar refractivity (Wildman–Crippen MR) is 91.8 cm³/mol. The van der Waals surface area contributed by atoms with Gasteiger partial charge in [0.25, 0.3) is 0 Å². The van der Waals surface area contributed by atoms with Crippen molar-refractivity contribution in [2.75, 3.05) is 31.1 Å². The SMILES string of the molecule is O=S(=O)(C1CC1)N1CCN(c2nc(C3CC3)nc3c2CCC3)CC1. The minimum Gasteiger partial charge on any atom is -0.354 e. The van der Waals surface area contributed by atoms with Gasteiger partial charge in [-0.3, -0.25) is 0 Å². The number of piperazine rings is 1. The second-order valence-electron chi connectivity index (χ2n) is 7.59. The molecule has 1 aromatic rings. The number of aromatic nitrogens is 2. The van der Waals surface area contributed by atoms with E-state index < -0.39 is 10.0 Å². The Hall–Kier alpha value is -1.21. The van der Waals surface area contributed by atoms with Crippen LogP contribution >= 0.6 is 0 Å². The number of fused-ring (bicyclic) bond motifs is 1. The molecule has 5 rings (SSSR count). The summed E-state index contributed by atoms with van der Waals surface area (Å²) >= 11 is 0. The van der Waals surface area contributed by atoms with Gasteiger partial charge in [-0.05, 0) is 44.9 Å². The number of hydrogen-bond acceptors (Lipinski definition) is 5. The number of aryl methyl sites for hydroxylation is 1. The van der Waals surface area contributed by atoms with Crippen LogP contribution in [-0.2, 0) is 22.9 Å². The zero-order valence-electron chi connectivity index (χ0n) is 13.9. The van der Waals surface area contributed by atoms with Gasteiger partial charge >= 0.3 is 0 Å². The van der Waals surface area contributed by atoms with Crippen LogP contribution in [0.15, 0.2) is 0 Å². The standard InChI is InChI=1S/C17H24N4O2S/c22-24(23,13-6-7-13)21-10-8-20(9-11-21)17-14-2-1-3-15(14)18-16(19-17)12-4-5-12/h12-13H,1-11H2. The number of nitrogens with zero attached hydrogens (tertiary/aromatic N) is 4. The van der Waals surface area contributed by atoms with Gasteiger partial charge in [-0.25, -0.2) is 18.4 Å². The second kappa shape index (κ2) is 5.39. The van der Waals surface area contributed by atoms with Crippen LogP contribution in [0.2, 0.25) is 0 Å². The van der Waals surface area contributed by atoms with Crippen molar-refractivity contribution in [1.29, 1.82) is 0 Å². The smallest absolute Gasteiger partial charge is 0.217 e. The van der Waals surface area contributed by atoms with Crippen molar-refractivity contribution < 1.29 is 8.42 Å². The van der Waals surface area contributed by atoms with Crippen molar-refractivity contribution in [2.24, 2.45) is 0 Å². The first-order chi connectivity index (χ1) is 11.6. The lowest BCUT2D eigenvalue weighted by Crippen LogP contribution is -2.50. The maximum Gasteiger partial charge on any atom is 0.217 e. The highest BCUT2D eigenvalue weighted by molar-refractivity contribution is 7.90. The first-order valence-corrected chi connectivity index (χ1v) is 10.8. The lowest BCUT2D eigenvalue weighted by Gasteiger charge is -2.35. The van der Waals surface area contributed by atoms with E-state index in [1.54, 1.807) is 4.31 Å². The monoisotopic (exact) mass is 348 g/mol. The summed E-state index contributed by atoms with van der Waals surface area (Å²) in [6.45, 7) is 2.69. The molecule has 1 saturated heterocycles. The first kappa shape index (κ1) is 15.1. The van der Waals surface area contributed by atoms with E-state index in [0.717, 1.165) is 50.4 Å². The highest BCUT2D eigenvalue weighted by atomic mass is 32.2. The van der Waals surface area contributed by atoms with Gasteiger partial charge in [0.1, 0.15) is 11.6 Å². The average Bonchev–Trinajstić information content (AvgIpc) is 3.50. The van der Waals surface area contributed by atoms with Gasteiger partial charge in [0, 0.05) is 43.4 Å². The third-order valence-electron chi connectivity index (χ3n) is 5.71. The molecule has 0 unspecified atom stereocenters. The summed E-state index contributed by atoms with van der Waals surface area (Å²) in [5.74, 6) is 2.69. The van der Waals surface area contributed by atoms with E-state index in [-0.39, 0.29) is 5.25 Å². The van der Waals surface area contributed by atoms with Gasteiger partial charge in [0.05, 0.1) is 5.25 Å². The van der Waals surface area contributed by atoms with Crippen LogP contribution in [0.3, 0.4) is 0 Å². The lowest BCUT2D eigenvalue weighted by molar-refractivity contribution is 0.382. The molecule has 0 atom stereocenters. The molecule has 0 N–H and O–H groups in total. The average molecular weight is 348 g/mol. The third-order valence-corrected chi connectivity index (χ3v) is 8.11. The molecule has 2 saturated carbocycles. The molecule has 3 aliphatic carbocycles. The van der Waals surface area contributed by atoms with E-state index in [2.05, 4.69) is 4.90 Å². The molecule has 0 aromatic carbocycles. The highest BCUT2D eigenvalue weighted by Crippen LogP contribution is 2.41. The molecule has 7 heteroatoms. The molecular weight excluding hydrogens is 324 g/mol. The van der Waals surface area contributed by atoms with Crippen LogP contribution in [0.5, 0.6) is 0 Å². The van der Waals surface area contributed by atoms with Gasteiger partial charge in [-0.1, -0.05) is 0 Å². The van der Waals surface area contributed by atoms with Crippen molar-refractivity contribution in [3.8, 4) is 0 Å². The number of rotatable bonds is 4. The fourth-order valence-electron chi connectivity index (χ4n) is 3.95. The van der Waals surface area contributed by atoms with Gasteiger partial charge in [0.2, 0.25) is 10.0 Å². The number of anilines is 1. The Bertz CT molecular complexity index is 763. The van der Waals surface area contributed by atoms with E-state index in [1.165, 1.54) is 30.5 Å². The molecule has 6 nitrogen and oxygen atoms in total. The fourth-order valence-corrected chi connectivity index (χ4v) is 5.77. The summed E-state index contributed by atoms with van der Waals surface area (Å²) in [5.41, 5.74) is 2.56. The Morgan fingerprint density at radius 2 is 1.67 bits per heavy atom. The molecule has 130 valence electrons. The predicted octanol–water partition coefficient (Wildman–Crippen LogP) is 1.46. The topological polar surface area (TPSA) is 66.4 Å². The van der Waals surface area contributed by atoms with Crippen molar-refractivity contribution in [2.45, 2.75) is 56.1 Å². The van der Waals surface area contributed by atoms with E-state index in [9.17, 15) is 8.42 Å². The summed E-state index contributed by atoms with van der Waals surface area (Å²) in [5, 5.41) is -0.103. The Morgan fingerprint density at radius 1 is 0.917 bits per heavy atom. The van der Waals surface area contributed by atoms with Crippen LogP contribution in [0.4, 0.5) is 5.82 Å². The maximum absolute atomic E-state index is 12.4. The number of hydrogen-bond donors (Lipinski definition) is 0.